The Morgan fingerprint density at radius 3 is 2.51 bits per heavy atom. The second-order valence-corrected chi connectivity index (χ2v) is 9.28. The number of anilines is 2. The van der Waals surface area contributed by atoms with Crippen molar-refractivity contribution in [1.82, 2.24) is 9.55 Å². The largest absolute Gasteiger partial charge is 0.449 e. The highest BCUT2D eigenvalue weighted by molar-refractivity contribution is 6.35. The molecular formula is C26H27ClN4O4. The zero-order chi connectivity index (χ0) is 25.3. The number of benzene rings is 2. The van der Waals surface area contributed by atoms with Crippen molar-refractivity contribution in [2.45, 2.75) is 33.7 Å². The number of fused-ring (bicyclic) bond motifs is 1. The van der Waals surface area contributed by atoms with Crippen molar-refractivity contribution >= 4 is 40.0 Å². The summed E-state index contributed by atoms with van der Waals surface area (Å²) in [6.07, 6.45) is 0.600. The number of carbonyl (C=O) groups excluding carboxylic acids is 1. The van der Waals surface area contributed by atoms with Crippen LogP contribution in [0.5, 0.6) is 0 Å². The van der Waals surface area contributed by atoms with E-state index >= 15 is 0 Å². The van der Waals surface area contributed by atoms with Gasteiger partial charge in [0.1, 0.15) is 5.82 Å². The number of nitrogens with one attached hydrogen (secondary N) is 1. The van der Waals surface area contributed by atoms with E-state index in [9.17, 15) is 14.4 Å². The van der Waals surface area contributed by atoms with Crippen LogP contribution in [0.25, 0.3) is 11.0 Å². The number of aromatic amines is 1. The van der Waals surface area contributed by atoms with Gasteiger partial charge in [-0.1, -0.05) is 67.9 Å². The molecule has 182 valence electrons. The van der Waals surface area contributed by atoms with E-state index in [2.05, 4.69) is 4.98 Å². The van der Waals surface area contributed by atoms with Crippen molar-refractivity contribution < 1.29 is 9.21 Å². The van der Waals surface area contributed by atoms with E-state index in [0.717, 1.165) is 5.56 Å². The summed E-state index contributed by atoms with van der Waals surface area (Å²) >= 11 is 6.28. The molecule has 0 aliphatic rings. The minimum atomic E-state index is -0.735. The van der Waals surface area contributed by atoms with Crippen LogP contribution in [0.3, 0.4) is 0 Å². The molecule has 3 N–H and O–H groups in total. The van der Waals surface area contributed by atoms with Crippen molar-refractivity contribution in [2.75, 3.05) is 17.2 Å². The van der Waals surface area contributed by atoms with Gasteiger partial charge in [0.15, 0.2) is 17.0 Å². The van der Waals surface area contributed by atoms with Crippen LogP contribution in [-0.2, 0) is 6.54 Å². The lowest BCUT2D eigenvalue weighted by atomic mass is 10.1. The van der Waals surface area contributed by atoms with Crippen LogP contribution < -0.4 is 21.9 Å². The Morgan fingerprint density at radius 1 is 1.14 bits per heavy atom. The summed E-state index contributed by atoms with van der Waals surface area (Å²) in [5.74, 6) is -0.312. The number of nitrogens with zero attached hydrogens (tertiary/aromatic N) is 2. The van der Waals surface area contributed by atoms with Crippen molar-refractivity contribution in [2.24, 2.45) is 5.92 Å². The Hall–Kier alpha value is -3.78. The summed E-state index contributed by atoms with van der Waals surface area (Å²) in [7, 11) is 0. The van der Waals surface area contributed by atoms with Crippen molar-refractivity contribution in [3.63, 3.8) is 0 Å². The summed E-state index contributed by atoms with van der Waals surface area (Å²) in [5, 5.41) is 1.09. The average Bonchev–Trinajstić information content (AvgIpc) is 3.16. The van der Waals surface area contributed by atoms with Crippen LogP contribution in [-0.4, -0.2) is 22.0 Å². The molecule has 2 aromatic heterocycles. The maximum atomic E-state index is 13.8. The number of nitrogens with two attached hydrogens (primary N) is 1. The van der Waals surface area contributed by atoms with Crippen LogP contribution in [0.2, 0.25) is 5.02 Å². The van der Waals surface area contributed by atoms with Crippen molar-refractivity contribution in [1.29, 1.82) is 0 Å². The Bertz CT molecular complexity index is 1500. The topological polar surface area (TPSA) is 114 Å². The number of halogens is 1. The third-order valence-electron chi connectivity index (χ3n) is 5.95. The van der Waals surface area contributed by atoms with Gasteiger partial charge in [0.25, 0.3) is 11.5 Å². The monoisotopic (exact) mass is 494 g/mol. The molecule has 0 aliphatic heterocycles. The van der Waals surface area contributed by atoms with Crippen molar-refractivity contribution in [3.8, 4) is 0 Å². The molecule has 0 radical (unpaired) electrons. The van der Waals surface area contributed by atoms with Gasteiger partial charge in [-0.25, -0.2) is 4.79 Å². The number of hydrogen-bond donors (Lipinski definition) is 2. The molecule has 9 heteroatoms. The van der Waals surface area contributed by atoms with E-state index in [1.807, 2.05) is 50.2 Å². The van der Waals surface area contributed by atoms with E-state index in [0.29, 0.717) is 28.0 Å². The highest BCUT2D eigenvalue weighted by Gasteiger charge is 2.29. The second-order valence-electron chi connectivity index (χ2n) is 8.88. The first-order valence-corrected chi connectivity index (χ1v) is 11.7. The molecule has 0 atom stereocenters. The smallest absolute Gasteiger partial charge is 0.330 e. The molecule has 4 aromatic rings. The fourth-order valence-electron chi connectivity index (χ4n) is 4.00. The fourth-order valence-corrected chi connectivity index (χ4v) is 4.21. The normalized spacial score (nSPS) is 11.3. The van der Waals surface area contributed by atoms with Crippen LogP contribution in [0.15, 0.2) is 62.5 Å². The molecule has 2 aromatic carbocycles. The number of amides is 1. The van der Waals surface area contributed by atoms with Crippen LogP contribution in [0.4, 0.5) is 11.5 Å². The van der Waals surface area contributed by atoms with E-state index in [-0.39, 0.29) is 36.3 Å². The van der Waals surface area contributed by atoms with E-state index in [4.69, 9.17) is 21.8 Å². The number of nitrogen functional groups attached to an aromatic ring is 1. The van der Waals surface area contributed by atoms with Gasteiger partial charge in [-0.2, -0.15) is 0 Å². The SMILES string of the molecule is Cc1c(C(=O)N(CCC(C)C)c2c(N)n(Cc3ccccc3)c(=O)[nH]c2=O)oc2c(Cl)cccc12. The van der Waals surface area contributed by atoms with Gasteiger partial charge in [0.05, 0.1) is 11.6 Å². The molecular weight excluding hydrogens is 468 g/mol. The Morgan fingerprint density at radius 2 is 1.86 bits per heavy atom. The number of H-pyrrole nitrogens is 1. The Balaban J connectivity index is 1.86. The summed E-state index contributed by atoms with van der Waals surface area (Å²) in [6, 6.07) is 14.5. The van der Waals surface area contributed by atoms with E-state index < -0.39 is 17.2 Å². The number of para-hydroxylation sites is 1. The summed E-state index contributed by atoms with van der Waals surface area (Å²) < 4.78 is 7.14. The number of aryl methyl sites for hydroxylation is 1. The highest BCUT2D eigenvalue weighted by atomic mass is 35.5. The lowest BCUT2D eigenvalue weighted by Crippen LogP contribution is -2.42. The molecule has 2 heterocycles. The lowest BCUT2D eigenvalue weighted by molar-refractivity contribution is 0.0960. The first-order valence-electron chi connectivity index (χ1n) is 11.3. The molecule has 0 fully saturated rings. The second kappa shape index (κ2) is 9.84. The van der Waals surface area contributed by atoms with Crippen molar-refractivity contribution in [3.05, 3.63) is 91.3 Å². The first kappa shape index (κ1) is 24.3. The summed E-state index contributed by atoms with van der Waals surface area (Å²) in [6.45, 7) is 6.13. The first-order chi connectivity index (χ1) is 16.7. The highest BCUT2D eigenvalue weighted by Crippen LogP contribution is 2.32. The lowest BCUT2D eigenvalue weighted by Gasteiger charge is -2.24. The molecule has 0 spiro atoms. The van der Waals surface area contributed by atoms with E-state index in [1.165, 1.54) is 9.47 Å². The minimum Gasteiger partial charge on any atom is -0.449 e. The zero-order valence-corrected chi connectivity index (χ0v) is 20.6. The fraction of sp³-hybridized carbons (Fsp3) is 0.269. The number of hydrogen-bond acceptors (Lipinski definition) is 5. The number of carbonyl (C=O) groups is 1. The van der Waals surface area contributed by atoms with Crippen LogP contribution >= 0.6 is 11.6 Å². The van der Waals surface area contributed by atoms with Gasteiger partial charge in [-0.3, -0.25) is 24.0 Å². The molecule has 0 saturated heterocycles. The number of rotatable bonds is 7. The third kappa shape index (κ3) is 4.74. The third-order valence-corrected chi connectivity index (χ3v) is 6.25. The van der Waals surface area contributed by atoms with Gasteiger partial charge in [-0.05, 0) is 30.9 Å². The molecule has 4 rings (SSSR count). The Kier molecular flexibility index (Phi) is 6.84. The predicted molar refractivity (Wildman–Crippen MR) is 138 cm³/mol. The molecule has 0 aliphatic carbocycles. The van der Waals surface area contributed by atoms with Gasteiger partial charge in [0.2, 0.25) is 0 Å². The average molecular weight is 495 g/mol. The molecule has 0 bridgehead atoms. The summed E-state index contributed by atoms with van der Waals surface area (Å²) in [5.41, 5.74) is 6.74. The molecule has 1 amide bonds. The van der Waals surface area contributed by atoms with Gasteiger partial charge < -0.3 is 10.2 Å². The zero-order valence-electron chi connectivity index (χ0n) is 19.8. The molecule has 35 heavy (non-hydrogen) atoms. The quantitative estimate of drug-likeness (QED) is 0.390. The standard InChI is InChI=1S/C26H27ClN4O4/c1-15(2)12-13-30(25(33)21-16(3)18-10-7-11-19(27)22(18)35-21)20-23(28)31(26(34)29-24(20)32)14-17-8-5-4-6-9-17/h4-11,15H,12-14,28H2,1-3H3,(H,29,32,34). The van der Waals surface area contributed by atoms with Gasteiger partial charge in [-0.15, -0.1) is 0 Å². The minimum absolute atomic E-state index is 0.0662. The number of aromatic nitrogens is 2. The number of furan rings is 1. The molecule has 0 saturated carbocycles. The van der Waals surface area contributed by atoms with Gasteiger partial charge >= 0.3 is 5.69 Å². The van der Waals surface area contributed by atoms with Crippen LogP contribution in [0.1, 0.15) is 41.9 Å². The van der Waals surface area contributed by atoms with E-state index in [1.54, 1.807) is 19.1 Å². The molecule has 8 nitrogen and oxygen atoms in total. The maximum Gasteiger partial charge on any atom is 0.330 e. The van der Waals surface area contributed by atoms with Gasteiger partial charge in [0, 0.05) is 17.5 Å². The summed E-state index contributed by atoms with van der Waals surface area (Å²) in [4.78, 5) is 43.1. The molecule has 0 unspecified atom stereocenters. The Labute approximate surface area is 206 Å². The predicted octanol–water partition coefficient (Wildman–Crippen LogP) is 4.57. The maximum absolute atomic E-state index is 13.8. The van der Waals surface area contributed by atoms with Crippen LogP contribution in [0, 0.1) is 12.8 Å².